The topological polar surface area (TPSA) is 35.3 Å². The predicted molar refractivity (Wildman–Crippen MR) is 187 cm³/mol. The summed E-state index contributed by atoms with van der Waals surface area (Å²) in [5.74, 6) is 0. The fourth-order valence-electron chi connectivity index (χ4n) is 6.68. The van der Waals surface area contributed by atoms with Crippen molar-refractivity contribution in [3.63, 3.8) is 0 Å². The van der Waals surface area contributed by atoms with Gasteiger partial charge in [-0.05, 0) is 87.0 Å². The van der Waals surface area contributed by atoms with Crippen molar-refractivity contribution in [2.24, 2.45) is 0 Å². The largest absolute Gasteiger partial charge is 0.456 e. The number of nitrogens with zero attached hydrogens (tertiary/aromatic N) is 1. The summed E-state index contributed by atoms with van der Waals surface area (Å²) in [4.78, 5) is 5.08. The first-order valence-electron chi connectivity index (χ1n) is 15.7. The van der Waals surface area contributed by atoms with Crippen LogP contribution in [0.1, 0.15) is 11.1 Å². The zero-order valence-corrected chi connectivity index (χ0v) is 25.1. The van der Waals surface area contributed by atoms with Gasteiger partial charge in [0.15, 0.2) is 0 Å². The zero-order chi connectivity index (χ0) is 30.5. The van der Waals surface area contributed by atoms with Gasteiger partial charge in [0.1, 0.15) is 11.2 Å². The molecule has 0 bridgehead atoms. The molecule has 218 valence electrons. The molecule has 0 spiro atoms. The van der Waals surface area contributed by atoms with Gasteiger partial charge in [-0.1, -0.05) is 109 Å². The van der Waals surface area contributed by atoms with Crippen molar-refractivity contribution in [3.8, 4) is 55.9 Å². The molecule has 3 heteroatoms. The van der Waals surface area contributed by atoms with E-state index in [2.05, 4.69) is 127 Å². The molecule has 0 atom stereocenters. The number of benzene rings is 6. The predicted octanol–water partition coefficient (Wildman–Crippen LogP) is 11.3. The molecule has 0 amide bonds. The minimum atomic E-state index is 0.565. The molecule has 8 aromatic rings. The minimum absolute atomic E-state index is 0.565. The van der Waals surface area contributed by atoms with Crippen LogP contribution in [0.4, 0.5) is 0 Å². The first-order chi connectivity index (χ1) is 22.8. The van der Waals surface area contributed by atoms with Gasteiger partial charge in [-0.15, -0.1) is 0 Å². The van der Waals surface area contributed by atoms with Gasteiger partial charge in [0.2, 0.25) is 0 Å². The molecule has 1 aliphatic heterocycles. The second-order valence-electron chi connectivity index (χ2n) is 11.9. The van der Waals surface area contributed by atoms with Crippen molar-refractivity contribution in [1.82, 2.24) is 4.98 Å². The van der Waals surface area contributed by atoms with Crippen LogP contribution in [-0.2, 0) is 18.0 Å². The second kappa shape index (κ2) is 11.0. The minimum Gasteiger partial charge on any atom is -0.456 e. The van der Waals surface area contributed by atoms with Crippen LogP contribution in [-0.4, -0.2) is 4.98 Å². The van der Waals surface area contributed by atoms with E-state index < -0.39 is 0 Å². The molecular formula is C43H29NO2. The van der Waals surface area contributed by atoms with Crippen molar-refractivity contribution in [3.05, 3.63) is 163 Å². The Morgan fingerprint density at radius 3 is 1.78 bits per heavy atom. The zero-order valence-electron chi connectivity index (χ0n) is 25.1. The SMILES string of the molecule is c1ccc(-c2cc(-c3ccc4c(c3)-c3ccc(-c5ccc6oc7ccccc7c6c5)cc3COC4)cc(-c3ccccc3)n2)cc1. The molecule has 0 unspecified atom stereocenters. The van der Waals surface area contributed by atoms with E-state index in [0.29, 0.717) is 13.2 Å². The molecule has 3 nitrogen and oxygen atoms in total. The summed E-state index contributed by atoms with van der Waals surface area (Å²) < 4.78 is 12.3. The fraction of sp³-hybridized carbons (Fsp3) is 0.0465. The summed E-state index contributed by atoms with van der Waals surface area (Å²) in [6, 6.07) is 53.5. The number of pyridine rings is 1. The fourth-order valence-corrected chi connectivity index (χ4v) is 6.68. The maximum Gasteiger partial charge on any atom is 0.135 e. The van der Waals surface area contributed by atoms with Crippen LogP contribution in [0, 0.1) is 0 Å². The highest BCUT2D eigenvalue weighted by Crippen LogP contribution is 2.39. The van der Waals surface area contributed by atoms with E-state index >= 15 is 0 Å². The van der Waals surface area contributed by atoms with E-state index in [9.17, 15) is 0 Å². The van der Waals surface area contributed by atoms with Gasteiger partial charge in [0, 0.05) is 21.9 Å². The van der Waals surface area contributed by atoms with Crippen LogP contribution in [0.2, 0.25) is 0 Å². The van der Waals surface area contributed by atoms with E-state index in [1.54, 1.807) is 0 Å². The van der Waals surface area contributed by atoms with E-state index in [-0.39, 0.29) is 0 Å². The molecule has 3 heterocycles. The number of ether oxygens (including phenoxy) is 1. The first-order valence-corrected chi connectivity index (χ1v) is 15.7. The molecule has 2 aromatic heterocycles. The van der Waals surface area contributed by atoms with Crippen LogP contribution in [0.25, 0.3) is 77.8 Å². The smallest absolute Gasteiger partial charge is 0.135 e. The average molecular weight is 592 g/mol. The quantitative estimate of drug-likeness (QED) is 0.204. The van der Waals surface area contributed by atoms with Crippen molar-refractivity contribution in [1.29, 1.82) is 0 Å². The summed E-state index contributed by atoms with van der Waals surface area (Å²) in [5, 5.41) is 2.28. The molecule has 0 aliphatic carbocycles. The Kier molecular flexibility index (Phi) is 6.36. The lowest BCUT2D eigenvalue weighted by molar-refractivity contribution is 0.110. The van der Waals surface area contributed by atoms with Crippen LogP contribution >= 0.6 is 0 Å². The van der Waals surface area contributed by atoms with E-state index in [4.69, 9.17) is 14.1 Å². The van der Waals surface area contributed by atoms with Gasteiger partial charge in [0.25, 0.3) is 0 Å². The van der Waals surface area contributed by atoms with Crippen molar-refractivity contribution < 1.29 is 9.15 Å². The lowest BCUT2D eigenvalue weighted by Crippen LogP contribution is -1.93. The van der Waals surface area contributed by atoms with Crippen molar-refractivity contribution in [2.45, 2.75) is 13.2 Å². The van der Waals surface area contributed by atoms with Crippen LogP contribution < -0.4 is 0 Å². The standard InChI is InChI=1S/C43H29NO2/c1-3-9-28(10-4-1)40-24-34(25-41(44-40)29-11-5-2-6-12-29)32-15-16-33-26-45-27-35-21-30(17-19-36(35)38(33)22-32)31-18-20-43-39(23-31)37-13-7-8-14-42(37)46-43/h1-25H,26-27H2. The Morgan fingerprint density at radius 1 is 0.391 bits per heavy atom. The van der Waals surface area contributed by atoms with Crippen LogP contribution in [0.15, 0.2) is 156 Å². The lowest BCUT2D eigenvalue weighted by Gasteiger charge is -2.14. The summed E-state index contributed by atoms with van der Waals surface area (Å²) >= 11 is 0. The maximum atomic E-state index is 6.23. The molecule has 46 heavy (non-hydrogen) atoms. The first kappa shape index (κ1) is 26.6. The number of hydrogen-bond donors (Lipinski definition) is 0. The number of aromatic nitrogens is 1. The maximum absolute atomic E-state index is 6.23. The van der Waals surface area contributed by atoms with Gasteiger partial charge in [-0.25, -0.2) is 4.98 Å². The van der Waals surface area contributed by atoms with Crippen LogP contribution in [0.3, 0.4) is 0 Å². The van der Waals surface area contributed by atoms with E-state index in [1.807, 2.05) is 24.3 Å². The van der Waals surface area contributed by atoms with Gasteiger partial charge >= 0.3 is 0 Å². The van der Waals surface area contributed by atoms with E-state index in [0.717, 1.165) is 55.6 Å². The monoisotopic (exact) mass is 591 g/mol. The molecule has 0 N–H and O–H groups in total. The van der Waals surface area contributed by atoms with Gasteiger partial charge < -0.3 is 9.15 Å². The summed E-state index contributed by atoms with van der Waals surface area (Å²) in [7, 11) is 0. The van der Waals surface area contributed by atoms with Crippen molar-refractivity contribution in [2.75, 3.05) is 0 Å². The Hall–Kier alpha value is -5.77. The molecular weight excluding hydrogens is 562 g/mol. The number of para-hydroxylation sites is 1. The highest BCUT2D eigenvalue weighted by molar-refractivity contribution is 6.06. The molecule has 6 aromatic carbocycles. The molecule has 9 rings (SSSR count). The average Bonchev–Trinajstić information content (AvgIpc) is 3.40. The Balaban J connectivity index is 1.14. The van der Waals surface area contributed by atoms with E-state index in [1.165, 1.54) is 33.4 Å². The molecule has 0 fully saturated rings. The molecule has 0 radical (unpaired) electrons. The van der Waals surface area contributed by atoms with Crippen molar-refractivity contribution >= 4 is 21.9 Å². The highest BCUT2D eigenvalue weighted by atomic mass is 16.5. The summed E-state index contributed by atoms with van der Waals surface area (Å²) in [6.45, 7) is 1.14. The lowest BCUT2D eigenvalue weighted by atomic mass is 9.90. The Morgan fingerprint density at radius 2 is 1.00 bits per heavy atom. The normalized spacial score (nSPS) is 12.5. The summed E-state index contributed by atoms with van der Waals surface area (Å²) in [5.41, 5.74) is 15.4. The number of furan rings is 1. The van der Waals surface area contributed by atoms with Gasteiger partial charge in [0.05, 0.1) is 24.6 Å². The number of rotatable bonds is 4. The number of fused-ring (bicyclic) bond motifs is 6. The Bertz CT molecular complexity index is 2330. The third-order valence-electron chi connectivity index (χ3n) is 9.03. The summed E-state index contributed by atoms with van der Waals surface area (Å²) in [6.07, 6.45) is 0. The molecule has 0 saturated carbocycles. The third-order valence-corrected chi connectivity index (χ3v) is 9.03. The van der Waals surface area contributed by atoms with Gasteiger partial charge in [-0.2, -0.15) is 0 Å². The second-order valence-corrected chi connectivity index (χ2v) is 11.9. The molecule has 0 saturated heterocycles. The third kappa shape index (κ3) is 4.70. The van der Waals surface area contributed by atoms with Gasteiger partial charge in [-0.3, -0.25) is 0 Å². The highest BCUT2D eigenvalue weighted by Gasteiger charge is 2.18. The van der Waals surface area contributed by atoms with Crippen LogP contribution in [0.5, 0.6) is 0 Å². The Labute approximate surface area is 267 Å². The number of hydrogen-bond acceptors (Lipinski definition) is 3. The molecule has 1 aliphatic rings.